The maximum Gasteiger partial charge on any atom is 0.243 e. The second kappa shape index (κ2) is 10.2. The highest BCUT2D eigenvalue weighted by Gasteiger charge is 2.26. The predicted molar refractivity (Wildman–Crippen MR) is 112 cm³/mol. The van der Waals surface area contributed by atoms with Crippen LogP contribution in [0.3, 0.4) is 0 Å². The second-order valence-corrected chi connectivity index (χ2v) is 7.64. The smallest absolute Gasteiger partial charge is 0.243 e. The lowest BCUT2D eigenvalue weighted by atomic mass is 10.0. The molecule has 148 valence electrons. The highest BCUT2D eigenvalue weighted by atomic mass is 79.9. The molecule has 2 rings (SSSR count). The first-order chi connectivity index (χ1) is 13.3. The molecule has 0 saturated heterocycles. The average molecular weight is 467 g/mol. The molecule has 0 aliphatic rings. The average Bonchev–Trinajstić information content (AvgIpc) is 2.63. The number of nitrogens with two attached hydrogens (primary N) is 1. The number of nitrogens with one attached hydrogen (secondary N) is 2. The number of rotatable bonds is 8. The molecule has 8 heteroatoms. The fraction of sp³-hybridized carbons (Fsp3) is 0.250. The third-order valence-corrected chi connectivity index (χ3v) is 5.08. The van der Waals surface area contributed by atoms with Gasteiger partial charge in [0.05, 0.1) is 0 Å². The summed E-state index contributed by atoms with van der Waals surface area (Å²) in [5.41, 5.74) is 7.10. The van der Waals surface area contributed by atoms with E-state index in [9.17, 15) is 14.4 Å². The first-order valence-electron chi connectivity index (χ1n) is 8.61. The van der Waals surface area contributed by atoms with Gasteiger partial charge in [0.15, 0.2) is 0 Å². The molecule has 0 bridgehead atoms. The number of primary amides is 1. The van der Waals surface area contributed by atoms with Gasteiger partial charge in [0.1, 0.15) is 12.1 Å². The first-order valence-corrected chi connectivity index (χ1v) is 9.78. The van der Waals surface area contributed by atoms with Gasteiger partial charge in [-0.2, -0.15) is 0 Å². The summed E-state index contributed by atoms with van der Waals surface area (Å²) in [7, 11) is 0. The van der Waals surface area contributed by atoms with E-state index >= 15 is 0 Å². The monoisotopic (exact) mass is 465 g/mol. The van der Waals surface area contributed by atoms with Gasteiger partial charge < -0.3 is 16.4 Å². The van der Waals surface area contributed by atoms with Crippen molar-refractivity contribution >= 4 is 45.3 Å². The Kier molecular flexibility index (Phi) is 8.02. The van der Waals surface area contributed by atoms with E-state index in [2.05, 4.69) is 26.6 Å². The summed E-state index contributed by atoms with van der Waals surface area (Å²) in [6, 6.07) is 12.7. The van der Waals surface area contributed by atoms with Crippen molar-refractivity contribution in [3.8, 4) is 0 Å². The molecule has 2 aromatic carbocycles. The highest BCUT2D eigenvalue weighted by Crippen LogP contribution is 2.22. The van der Waals surface area contributed by atoms with E-state index in [-0.39, 0.29) is 12.3 Å². The van der Waals surface area contributed by atoms with Crippen LogP contribution >= 0.6 is 27.5 Å². The Hall–Kier alpha value is -2.38. The van der Waals surface area contributed by atoms with Crippen LogP contribution in [0.2, 0.25) is 5.02 Å². The van der Waals surface area contributed by atoms with Crippen molar-refractivity contribution in [2.24, 2.45) is 5.73 Å². The molecule has 0 aromatic heterocycles. The van der Waals surface area contributed by atoms with E-state index in [1.807, 2.05) is 30.3 Å². The number of carbonyl (C=O) groups excluding carboxylic acids is 3. The summed E-state index contributed by atoms with van der Waals surface area (Å²) in [6.45, 7) is 1.33. The molecule has 0 aliphatic heterocycles. The molecule has 6 nitrogen and oxygen atoms in total. The van der Waals surface area contributed by atoms with Crippen LogP contribution in [0.25, 0.3) is 0 Å². The third-order valence-electron chi connectivity index (χ3n) is 4.07. The molecule has 0 aliphatic carbocycles. The summed E-state index contributed by atoms with van der Waals surface area (Å²) >= 11 is 9.41. The number of carbonyl (C=O) groups is 3. The molecule has 4 N–H and O–H groups in total. The first kappa shape index (κ1) is 21.9. The van der Waals surface area contributed by atoms with E-state index in [0.29, 0.717) is 11.4 Å². The van der Waals surface area contributed by atoms with Crippen molar-refractivity contribution in [3.05, 3.63) is 69.2 Å². The quantitative estimate of drug-likeness (QED) is 0.556. The topological polar surface area (TPSA) is 101 Å². The van der Waals surface area contributed by atoms with Gasteiger partial charge in [-0.15, -0.1) is 0 Å². The van der Waals surface area contributed by atoms with E-state index < -0.39 is 23.9 Å². The van der Waals surface area contributed by atoms with Crippen molar-refractivity contribution in [1.29, 1.82) is 0 Å². The van der Waals surface area contributed by atoms with Gasteiger partial charge in [-0.05, 0) is 29.3 Å². The van der Waals surface area contributed by atoms with Gasteiger partial charge in [-0.1, -0.05) is 57.9 Å². The Balaban J connectivity index is 2.16. The fourth-order valence-corrected chi connectivity index (χ4v) is 3.32. The zero-order valence-electron chi connectivity index (χ0n) is 15.2. The summed E-state index contributed by atoms with van der Waals surface area (Å²) in [4.78, 5) is 36.2. The zero-order valence-corrected chi connectivity index (χ0v) is 17.6. The summed E-state index contributed by atoms with van der Waals surface area (Å²) in [6.07, 6.45) is 0.457. The SMILES string of the molecule is CC(=O)N[C@H](Cc1ccccc1)C(=O)N[C@H](Cc1cc(Cl)ccc1Br)C(N)=O. The molecule has 0 heterocycles. The standard InChI is InChI=1S/C20H21BrClN3O3/c1-12(26)24-18(9-13-5-3-2-4-6-13)20(28)25-17(19(23)27)11-14-10-15(22)7-8-16(14)21/h2-8,10,17-18H,9,11H2,1H3,(H2,23,27)(H,24,26)(H,25,28)/t17-,18-/m1/s1. The van der Waals surface area contributed by atoms with Crippen LogP contribution in [0.15, 0.2) is 53.0 Å². The number of halogens is 2. The van der Waals surface area contributed by atoms with Gasteiger partial charge in [0.25, 0.3) is 0 Å². The van der Waals surface area contributed by atoms with Crippen LogP contribution in [-0.2, 0) is 27.2 Å². The zero-order chi connectivity index (χ0) is 20.7. The Morgan fingerprint density at radius 3 is 2.32 bits per heavy atom. The molecular weight excluding hydrogens is 446 g/mol. The lowest BCUT2D eigenvalue weighted by Crippen LogP contribution is -2.54. The lowest BCUT2D eigenvalue weighted by molar-refractivity contribution is -0.130. The Morgan fingerprint density at radius 1 is 1.04 bits per heavy atom. The molecule has 0 fully saturated rings. The number of benzene rings is 2. The van der Waals surface area contributed by atoms with Gasteiger partial charge in [-0.25, -0.2) is 0 Å². The number of hydrogen-bond acceptors (Lipinski definition) is 3. The fourth-order valence-electron chi connectivity index (χ4n) is 2.72. The number of amides is 3. The Morgan fingerprint density at radius 2 is 1.71 bits per heavy atom. The van der Waals surface area contributed by atoms with Crippen LogP contribution in [0, 0.1) is 0 Å². The molecule has 0 unspecified atom stereocenters. The van der Waals surface area contributed by atoms with Crippen molar-refractivity contribution in [2.45, 2.75) is 31.8 Å². The van der Waals surface area contributed by atoms with Crippen LogP contribution in [0.1, 0.15) is 18.1 Å². The maximum absolute atomic E-state index is 12.8. The summed E-state index contributed by atoms with van der Waals surface area (Å²) in [5, 5.41) is 5.78. The molecular formula is C20H21BrClN3O3. The van der Waals surface area contributed by atoms with Crippen molar-refractivity contribution < 1.29 is 14.4 Å². The number of hydrogen-bond donors (Lipinski definition) is 3. The minimum absolute atomic E-state index is 0.167. The van der Waals surface area contributed by atoms with Gasteiger partial charge in [0, 0.05) is 29.3 Å². The molecule has 2 aromatic rings. The summed E-state index contributed by atoms with van der Waals surface area (Å²) < 4.78 is 0.750. The minimum atomic E-state index is -0.950. The Labute approximate surface area is 177 Å². The minimum Gasteiger partial charge on any atom is -0.368 e. The van der Waals surface area contributed by atoms with Crippen molar-refractivity contribution in [3.63, 3.8) is 0 Å². The Bertz CT molecular complexity index is 861. The third kappa shape index (κ3) is 6.65. The van der Waals surface area contributed by atoms with Gasteiger partial charge in [0.2, 0.25) is 17.7 Å². The normalized spacial score (nSPS) is 12.7. The molecule has 0 spiro atoms. The van der Waals surface area contributed by atoms with Gasteiger partial charge >= 0.3 is 0 Å². The molecule has 3 amide bonds. The van der Waals surface area contributed by atoms with Crippen molar-refractivity contribution in [2.75, 3.05) is 0 Å². The maximum atomic E-state index is 12.8. The van der Waals surface area contributed by atoms with E-state index in [1.165, 1.54) is 6.92 Å². The molecule has 0 radical (unpaired) electrons. The van der Waals surface area contributed by atoms with Gasteiger partial charge in [-0.3, -0.25) is 14.4 Å². The van der Waals surface area contributed by atoms with Crippen LogP contribution in [0.5, 0.6) is 0 Å². The largest absolute Gasteiger partial charge is 0.368 e. The molecule has 0 saturated carbocycles. The molecule has 2 atom stereocenters. The predicted octanol–water partition coefficient (Wildman–Crippen LogP) is 2.36. The van der Waals surface area contributed by atoms with Crippen LogP contribution in [-0.4, -0.2) is 29.8 Å². The summed E-state index contributed by atoms with van der Waals surface area (Å²) in [5.74, 6) is -1.51. The molecule has 28 heavy (non-hydrogen) atoms. The van der Waals surface area contributed by atoms with Crippen LogP contribution < -0.4 is 16.4 Å². The lowest BCUT2D eigenvalue weighted by Gasteiger charge is -2.22. The highest BCUT2D eigenvalue weighted by molar-refractivity contribution is 9.10. The van der Waals surface area contributed by atoms with E-state index in [4.69, 9.17) is 17.3 Å². The second-order valence-electron chi connectivity index (χ2n) is 6.35. The van der Waals surface area contributed by atoms with E-state index in [0.717, 1.165) is 15.6 Å². The van der Waals surface area contributed by atoms with E-state index in [1.54, 1.807) is 18.2 Å². The van der Waals surface area contributed by atoms with Crippen LogP contribution in [0.4, 0.5) is 0 Å². The van der Waals surface area contributed by atoms with Crippen molar-refractivity contribution in [1.82, 2.24) is 10.6 Å².